The summed E-state index contributed by atoms with van der Waals surface area (Å²) in [5.74, 6) is -0.116. The number of amides is 1. The second-order valence-corrected chi connectivity index (χ2v) is 4.79. The average Bonchev–Trinajstić information content (AvgIpc) is 2.71. The molecule has 20 heavy (non-hydrogen) atoms. The molecule has 1 aliphatic rings. The van der Waals surface area contributed by atoms with Crippen molar-refractivity contribution in [2.24, 2.45) is 0 Å². The highest BCUT2D eigenvalue weighted by Gasteiger charge is 2.21. The van der Waals surface area contributed by atoms with Crippen LogP contribution in [-0.2, 0) is 16.1 Å². The first-order chi connectivity index (χ1) is 9.72. The maximum Gasteiger partial charge on any atom is 0.246 e. The number of ether oxygens (including phenoxy) is 1. The summed E-state index contributed by atoms with van der Waals surface area (Å²) in [4.78, 5) is 15.2. The van der Waals surface area contributed by atoms with Crippen molar-refractivity contribution in [2.75, 3.05) is 26.3 Å². The van der Waals surface area contributed by atoms with Crippen LogP contribution in [0.15, 0.2) is 24.3 Å². The summed E-state index contributed by atoms with van der Waals surface area (Å²) >= 11 is 0. The lowest BCUT2D eigenvalue weighted by molar-refractivity contribution is -0.133. The molecule has 7 heteroatoms. The van der Waals surface area contributed by atoms with Crippen molar-refractivity contribution in [3.05, 3.63) is 24.3 Å². The highest BCUT2D eigenvalue weighted by atomic mass is 16.5. The molecule has 2 heterocycles. The molecule has 106 valence electrons. The predicted octanol–water partition coefficient (Wildman–Crippen LogP) is -0.349. The molecule has 1 aromatic heterocycles. The van der Waals surface area contributed by atoms with Gasteiger partial charge in [-0.3, -0.25) is 4.79 Å². The summed E-state index contributed by atoms with van der Waals surface area (Å²) in [5, 5.41) is 18.1. The molecule has 7 nitrogen and oxygen atoms in total. The van der Waals surface area contributed by atoms with Crippen molar-refractivity contribution in [2.45, 2.75) is 12.6 Å². The van der Waals surface area contributed by atoms with Crippen LogP contribution in [0.1, 0.15) is 0 Å². The molecule has 1 aliphatic heterocycles. The van der Waals surface area contributed by atoms with Crippen LogP contribution in [0.2, 0.25) is 0 Å². The first-order valence-corrected chi connectivity index (χ1v) is 6.56. The van der Waals surface area contributed by atoms with Crippen molar-refractivity contribution in [1.82, 2.24) is 19.9 Å². The van der Waals surface area contributed by atoms with E-state index in [9.17, 15) is 9.90 Å². The normalized spacial score (nSPS) is 20.1. The lowest BCUT2D eigenvalue weighted by Gasteiger charge is -2.20. The molecule has 0 bridgehead atoms. The topological polar surface area (TPSA) is 80.5 Å². The van der Waals surface area contributed by atoms with Crippen LogP contribution < -0.4 is 0 Å². The number of rotatable bonds is 2. The molecular weight excluding hydrogens is 260 g/mol. The second-order valence-electron chi connectivity index (χ2n) is 4.79. The molecule has 1 fully saturated rings. The number of aromatic nitrogens is 3. The number of aliphatic hydroxyl groups is 1. The molecule has 2 aromatic rings. The maximum absolute atomic E-state index is 12.2. The van der Waals surface area contributed by atoms with Gasteiger partial charge in [0.05, 0.1) is 19.3 Å². The SMILES string of the molecule is O=C(Cn1nc2ccccc2n1)N1CCOCC(O)C1. The van der Waals surface area contributed by atoms with Gasteiger partial charge in [0.1, 0.15) is 17.6 Å². The standard InChI is InChI=1S/C13H16N4O3/c18-10-7-16(5-6-20-9-10)13(19)8-17-14-11-3-1-2-4-12(11)15-17/h1-4,10,18H,5-9H2. The summed E-state index contributed by atoms with van der Waals surface area (Å²) in [6.07, 6.45) is -0.633. The van der Waals surface area contributed by atoms with Gasteiger partial charge in [0.15, 0.2) is 0 Å². The van der Waals surface area contributed by atoms with E-state index in [4.69, 9.17) is 4.74 Å². The van der Waals surface area contributed by atoms with Gasteiger partial charge < -0.3 is 14.7 Å². The van der Waals surface area contributed by atoms with E-state index >= 15 is 0 Å². The van der Waals surface area contributed by atoms with Gasteiger partial charge in [0.25, 0.3) is 0 Å². The monoisotopic (exact) mass is 276 g/mol. The van der Waals surface area contributed by atoms with Gasteiger partial charge in [-0.05, 0) is 12.1 Å². The first kappa shape index (κ1) is 13.0. The fraction of sp³-hybridized carbons (Fsp3) is 0.462. The number of benzene rings is 1. The fourth-order valence-corrected chi connectivity index (χ4v) is 2.22. The molecule has 1 atom stereocenters. The first-order valence-electron chi connectivity index (χ1n) is 6.56. The number of β-amino-alcohol motifs (C(OH)–C–C–N with tert-alkyl or cyclic N) is 1. The quantitative estimate of drug-likeness (QED) is 0.811. The molecule has 1 saturated heterocycles. The van der Waals surface area contributed by atoms with Crippen molar-refractivity contribution in [3.8, 4) is 0 Å². The molecular formula is C13H16N4O3. The van der Waals surface area contributed by atoms with E-state index in [-0.39, 0.29) is 19.1 Å². The minimum Gasteiger partial charge on any atom is -0.389 e. The lowest BCUT2D eigenvalue weighted by Crippen LogP contribution is -2.39. The van der Waals surface area contributed by atoms with Gasteiger partial charge in [-0.15, -0.1) is 0 Å². The minimum absolute atomic E-state index is 0.0708. The van der Waals surface area contributed by atoms with Crippen molar-refractivity contribution >= 4 is 16.9 Å². The molecule has 1 unspecified atom stereocenters. The molecule has 3 rings (SSSR count). The number of carbonyl (C=O) groups is 1. The maximum atomic E-state index is 12.2. The smallest absolute Gasteiger partial charge is 0.246 e. The molecule has 0 radical (unpaired) electrons. The summed E-state index contributed by atoms with van der Waals surface area (Å²) in [7, 11) is 0. The van der Waals surface area contributed by atoms with Gasteiger partial charge >= 0.3 is 0 Å². The van der Waals surface area contributed by atoms with E-state index in [0.29, 0.717) is 19.7 Å². The Morgan fingerprint density at radius 3 is 2.75 bits per heavy atom. The van der Waals surface area contributed by atoms with Crippen LogP contribution in [0, 0.1) is 0 Å². The second kappa shape index (κ2) is 5.56. The molecule has 0 saturated carbocycles. The molecule has 1 aromatic carbocycles. The Morgan fingerprint density at radius 1 is 1.35 bits per heavy atom. The number of carbonyl (C=O) groups excluding carboxylic acids is 1. The van der Waals surface area contributed by atoms with Crippen molar-refractivity contribution in [3.63, 3.8) is 0 Å². The van der Waals surface area contributed by atoms with Gasteiger partial charge in [-0.1, -0.05) is 12.1 Å². The highest BCUT2D eigenvalue weighted by Crippen LogP contribution is 2.08. The fourth-order valence-electron chi connectivity index (χ4n) is 2.22. The van der Waals surface area contributed by atoms with Gasteiger partial charge in [0, 0.05) is 13.1 Å². The van der Waals surface area contributed by atoms with Gasteiger partial charge in [-0.2, -0.15) is 15.0 Å². The van der Waals surface area contributed by atoms with Crippen LogP contribution in [0.4, 0.5) is 0 Å². The van der Waals surface area contributed by atoms with E-state index in [1.807, 2.05) is 24.3 Å². The zero-order valence-corrected chi connectivity index (χ0v) is 11.0. The Morgan fingerprint density at radius 2 is 2.05 bits per heavy atom. The Bertz CT molecular complexity index is 579. The molecule has 0 spiro atoms. The van der Waals surface area contributed by atoms with E-state index in [1.54, 1.807) is 4.90 Å². The van der Waals surface area contributed by atoms with Crippen molar-refractivity contribution < 1.29 is 14.6 Å². The summed E-state index contributed by atoms with van der Waals surface area (Å²) < 4.78 is 5.20. The van der Waals surface area contributed by atoms with Crippen LogP contribution in [0.5, 0.6) is 0 Å². The van der Waals surface area contributed by atoms with E-state index in [0.717, 1.165) is 11.0 Å². The third-order valence-electron chi connectivity index (χ3n) is 3.20. The lowest BCUT2D eigenvalue weighted by atomic mass is 10.3. The van der Waals surface area contributed by atoms with Crippen LogP contribution >= 0.6 is 0 Å². The predicted molar refractivity (Wildman–Crippen MR) is 70.9 cm³/mol. The third-order valence-corrected chi connectivity index (χ3v) is 3.20. The van der Waals surface area contributed by atoms with Crippen LogP contribution in [0.3, 0.4) is 0 Å². The third kappa shape index (κ3) is 2.78. The Hall–Kier alpha value is -1.99. The molecule has 1 N–H and O–H groups in total. The van der Waals surface area contributed by atoms with Crippen molar-refractivity contribution in [1.29, 1.82) is 0 Å². The Kier molecular flexibility index (Phi) is 3.62. The van der Waals surface area contributed by atoms with E-state index < -0.39 is 6.10 Å². The average molecular weight is 276 g/mol. The largest absolute Gasteiger partial charge is 0.389 e. The summed E-state index contributed by atoms with van der Waals surface area (Å²) in [6, 6.07) is 7.47. The van der Waals surface area contributed by atoms with Crippen LogP contribution in [-0.4, -0.2) is 63.3 Å². The molecule has 0 aliphatic carbocycles. The highest BCUT2D eigenvalue weighted by molar-refractivity contribution is 5.77. The summed E-state index contributed by atoms with van der Waals surface area (Å²) in [6.45, 7) is 1.56. The number of hydrogen-bond acceptors (Lipinski definition) is 5. The number of aliphatic hydroxyl groups excluding tert-OH is 1. The molecule has 1 amide bonds. The zero-order chi connectivity index (χ0) is 13.9. The van der Waals surface area contributed by atoms with Crippen LogP contribution in [0.25, 0.3) is 11.0 Å². The number of fused-ring (bicyclic) bond motifs is 1. The van der Waals surface area contributed by atoms with E-state index in [2.05, 4.69) is 10.2 Å². The summed E-state index contributed by atoms with van der Waals surface area (Å²) in [5.41, 5.74) is 1.53. The zero-order valence-electron chi connectivity index (χ0n) is 11.0. The van der Waals surface area contributed by atoms with Gasteiger partial charge in [-0.25, -0.2) is 0 Å². The Balaban J connectivity index is 1.71. The van der Waals surface area contributed by atoms with E-state index in [1.165, 1.54) is 4.80 Å². The minimum atomic E-state index is -0.633. The van der Waals surface area contributed by atoms with Gasteiger partial charge in [0.2, 0.25) is 5.91 Å². The Labute approximate surface area is 115 Å². The number of nitrogens with zero attached hydrogens (tertiary/aromatic N) is 4. The number of hydrogen-bond donors (Lipinski definition) is 1.